The Morgan fingerprint density at radius 3 is 2.70 bits per heavy atom. The van der Waals surface area contributed by atoms with E-state index in [4.69, 9.17) is 9.47 Å². The summed E-state index contributed by atoms with van der Waals surface area (Å²) in [6.07, 6.45) is 1.73. The van der Waals surface area contributed by atoms with Gasteiger partial charge in [-0.1, -0.05) is 23.5 Å². The number of rotatable bonds is 5. The van der Waals surface area contributed by atoms with E-state index >= 15 is 0 Å². The minimum Gasteiger partial charge on any atom is -0.497 e. The van der Waals surface area contributed by atoms with Crippen molar-refractivity contribution in [3.05, 3.63) is 71.0 Å². The van der Waals surface area contributed by atoms with Crippen LogP contribution in [-0.2, 0) is 11.3 Å². The quantitative estimate of drug-likeness (QED) is 0.501. The fraction of sp³-hybridized carbons (Fsp3) is 0.150. The van der Waals surface area contributed by atoms with E-state index < -0.39 is 5.97 Å². The molecule has 0 N–H and O–H groups in total. The number of benzene rings is 2. The molecule has 0 radical (unpaired) electrons. The number of thiazole rings is 1. The number of hydrogen-bond acceptors (Lipinski definition) is 5. The SMILES string of the molecule is C=CCn1c(=NC(=O)c2cccc(OC)c2)sc2cc(C(=O)OC)ccc21. The number of nitrogens with zero attached hydrogens (tertiary/aromatic N) is 2. The van der Waals surface area contributed by atoms with Crippen LogP contribution < -0.4 is 9.54 Å². The monoisotopic (exact) mass is 382 g/mol. The third-order valence-corrected chi connectivity index (χ3v) is 4.97. The fourth-order valence-corrected chi connectivity index (χ4v) is 3.69. The molecule has 7 heteroatoms. The molecule has 2 aromatic carbocycles. The Morgan fingerprint density at radius 1 is 1.19 bits per heavy atom. The first-order valence-corrected chi connectivity index (χ1v) is 8.94. The number of carbonyl (C=O) groups excluding carboxylic acids is 2. The van der Waals surface area contributed by atoms with Crippen molar-refractivity contribution in [2.45, 2.75) is 6.54 Å². The van der Waals surface area contributed by atoms with E-state index in [1.165, 1.54) is 18.4 Å². The molecule has 0 saturated heterocycles. The highest BCUT2D eigenvalue weighted by molar-refractivity contribution is 7.16. The predicted octanol–water partition coefficient (Wildman–Crippen LogP) is 3.43. The Labute approximate surface area is 160 Å². The zero-order chi connectivity index (χ0) is 19.4. The molecule has 0 aliphatic heterocycles. The summed E-state index contributed by atoms with van der Waals surface area (Å²) in [4.78, 5) is 29.2. The molecular weight excluding hydrogens is 364 g/mol. The van der Waals surface area contributed by atoms with Crippen LogP contribution in [-0.4, -0.2) is 30.7 Å². The van der Waals surface area contributed by atoms with E-state index in [-0.39, 0.29) is 5.91 Å². The summed E-state index contributed by atoms with van der Waals surface area (Å²) in [7, 11) is 2.88. The molecule has 0 spiro atoms. The second-order valence-corrected chi connectivity index (χ2v) is 6.62. The highest BCUT2D eigenvalue weighted by atomic mass is 32.1. The Bertz CT molecular complexity index is 1090. The molecule has 1 amide bonds. The molecule has 1 heterocycles. The smallest absolute Gasteiger partial charge is 0.337 e. The van der Waals surface area contributed by atoms with Gasteiger partial charge >= 0.3 is 5.97 Å². The summed E-state index contributed by atoms with van der Waals surface area (Å²) in [5, 5.41) is 0. The van der Waals surface area contributed by atoms with E-state index in [0.29, 0.717) is 28.2 Å². The number of methoxy groups -OCH3 is 2. The van der Waals surface area contributed by atoms with Gasteiger partial charge in [0.25, 0.3) is 5.91 Å². The van der Waals surface area contributed by atoms with E-state index in [2.05, 4.69) is 11.6 Å². The van der Waals surface area contributed by atoms with E-state index in [1.54, 1.807) is 49.6 Å². The summed E-state index contributed by atoms with van der Waals surface area (Å²) in [6, 6.07) is 12.1. The summed E-state index contributed by atoms with van der Waals surface area (Å²) in [5.41, 5.74) is 1.75. The standard InChI is InChI=1S/C20H18N2O4S/c1-4-10-22-16-9-8-14(19(24)26-3)12-17(16)27-20(22)21-18(23)13-6-5-7-15(11-13)25-2/h4-9,11-12H,1,10H2,2-3H3. The van der Waals surface area contributed by atoms with Gasteiger partial charge in [0, 0.05) is 12.1 Å². The van der Waals surface area contributed by atoms with Crippen molar-refractivity contribution in [1.82, 2.24) is 4.57 Å². The normalized spacial score (nSPS) is 11.4. The van der Waals surface area contributed by atoms with Gasteiger partial charge in [-0.15, -0.1) is 6.58 Å². The molecule has 0 bridgehead atoms. The van der Waals surface area contributed by atoms with Gasteiger partial charge in [0.1, 0.15) is 5.75 Å². The summed E-state index contributed by atoms with van der Waals surface area (Å²) in [5.74, 6) is -0.188. The molecule has 27 heavy (non-hydrogen) atoms. The summed E-state index contributed by atoms with van der Waals surface area (Å²) >= 11 is 1.33. The van der Waals surface area contributed by atoms with Gasteiger partial charge in [-0.3, -0.25) is 4.79 Å². The Morgan fingerprint density at radius 2 is 2.00 bits per heavy atom. The number of carbonyl (C=O) groups is 2. The average Bonchev–Trinajstić information content (AvgIpc) is 3.04. The zero-order valence-corrected chi connectivity index (χ0v) is 15.8. The van der Waals surface area contributed by atoms with Crippen molar-refractivity contribution in [2.75, 3.05) is 14.2 Å². The predicted molar refractivity (Wildman–Crippen MR) is 104 cm³/mol. The van der Waals surface area contributed by atoms with E-state index in [1.807, 2.05) is 10.6 Å². The number of hydrogen-bond donors (Lipinski definition) is 0. The van der Waals surface area contributed by atoms with Crippen LogP contribution in [0, 0.1) is 0 Å². The largest absolute Gasteiger partial charge is 0.497 e. The number of allylic oxidation sites excluding steroid dienone is 1. The minimum absolute atomic E-state index is 0.369. The zero-order valence-electron chi connectivity index (χ0n) is 15.0. The van der Waals surface area contributed by atoms with Crippen molar-refractivity contribution in [3.8, 4) is 5.75 Å². The first-order valence-electron chi connectivity index (χ1n) is 8.13. The molecule has 0 fully saturated rings. The summed E-state index contributed by atoms with van der Waals surface area (Å²) < 4.78 is 12.6. The lowest BCUT2D eigenvalue weighted by atomic mass is 10.2. The Balaban J connectivity index is 2.12. The third-order valence-electron chi connectivity index (χ3n) is 3.93. The van der Waals surface area contributed by atoms with Gasteiger partial charge in [0.15, 0.2) is 4.80 Å². The van der Waals surface area contributed by atoms with Crippen LogP contribution in [0.3, 0.4) is 0 Å². The highest BCUT2D eigenvalue weighted by Crippen LogP contribution is 2.20. The topological polar surface area (TPSA) is 69.9 Å². The van der Waals surface area contributed by atoms with Crippen LogP contribution in [0.5, 0.6) is 5.75 Å². The van der Waals surface area contributed by atoms with Crippen molar-refractivity contribution in [3.63, 3.8) is 0 Å². The minimum atomic E-state index is -0.411. The van der Waals surface area contributed by atoms with Gasteiger partial charge in [0.2, 0.25) is 0 Å². The second kappa shape index (κ2) is 8.01. The molecule has 3 rings (SSSR count). The van der Waals surface area contributed by atoms with Gasteiger partial charge in [-0.25, -0.2) is 4.79 Å². The van der Waals surface area contributed by atoms with Crippen LogP contribution in [0.15, 0.2) is 60.1 Å². The number of aromatic nitrogens is 1. The lowest BCUT2D eigenvalue weighted by Crippen LogP contribution is -2.16. The number of amides is 1. The molecule has 138 valence electrons. The molecule has 3 aromatic rings. The van der Waals surface area contributed by atoms with Crippen LogP contribution in [0.4, 0.5) is 0 Å². The number of fused-ring (bicyclic) bond motifs is 1. The van der Waals surface area contributed by atoms with E-state index in [9.17, 15) is 9.59 Å². The highest BCUT2D eigenvalue weighted by Gasteiger charge is 2.12. The Hall–Kier alpha value is -3.19. The maximum atomic E-state index is 12.6. The van der Waals surface area contributed by atoms with Crippen molar-refractivity contribution >= 4 is 33.4 Å². The number of esters is 1. The molecule has 1 aromatic heterocycles. The maximum Gasteiger partial charge on any atom is 0.337 e. The van der Waals surface area contributed by atoms with Crippen LogP contribution in [0.1, 0.15) is 20.7 Å². The second-order valence-electron chi connectivity index (χ2n) is 5.61. The molecule has 6 nitrogen and oxygen atoms in total. The number of ether oxygens (including phenoxy) is 2. The first-order chi connectivity index (χ1) is 13.1. The molecule has 0 saturated carbocycles. The fourth-order valence-electron chi connectivity index (χ4n) is 2.62. The van der Waals surface area contributed by atoms with Crippen LogP contribution in [0.25, 0.3) is 10.2 Å². The molecule has 0 aliphatic carbocycles. The lowest BCUT2D eigenvalue weighted by molar-refractivity contribution is 0.0601. The van der Waals surface area contributed by atoms with Crippen LogP contribution >= 0.6 is 11.3 Å². The van der Waals surface area contributed by atoms with Crippen molar-refractivity contribution in [1.29, 1.82) is 0 Å². The van der Waals surface area contributed by atoms with Crippen molar-refractivity contribution in [2.24, 2.45) is 4.99 Å². The lowest BCUT2D eigenvalue weighted by Gasteiger charge is -2.03. The van der Waals surface area contributed by atoms with Gasteiger partial charge in [0.05, 0.1) is 30.0 Å². The molecule has 0 aliphatic rings. The van der Waals surface area contributed by atoms with Gasteiger partial charge in [-0.05, 0) is 36.4 Å². The van der Waals surface area contributed by atoms with Crippen molar-refractivity contribution < 1.29 is 19.1 Å². The molecular formula is C20H18N2O4S. The van der Waals surface area contributed by atoms with Gasteiger partial charge in [-0.2, -0.15) is 4.99 Å². The Kier molecular flexibility index (Phi) is 5.52. The first kappa shape index (κ1) is 18.6. The molecule has 0 unspecified atom stereocenters. The maximum absolute atomic E-state index is 12.6. The van der Waals surface area contributed by atoms with E-state index in [0.717, 1.165) is 10.2 Å². The summed E-state index contributed by atoms with van der Waals surface area (Å²) in [6.45, 7) is 4.26. The average molecular weight is 382 g/mol. The molecule has 0 atom stereocenters. The van der Waals surface area contributed by atoms with Crippen LogP contribution in [0.2, 0.25) is 0 Å². The third kappa shape index (κ3) is 3.83. The van der Waals surface area contributed by atoms with Gasteiger partial charge < -0.3 is 14.0 Å².